The smallest absolute Gasteiger partial charge is 0.790 e. The fourth-order valence-corrected chi connectivity index (χ4v) is 5.56. The van der Waals surface area contributed by atoms with E-state index in [-0.39, 0.29) is 75.0 Å². The number of ether oxygens (including phenoxy) is 2. The van der Waals surface area contributed by atoms with Gasteiger partial charge in [-0.2, -0.15) is 4.98 Å². The molecule has 186 valence electrons. The molecule has 2 aromatic carbocycles. The maximum atomic E-state index is 12.8. The van der Waals surface area contributed by atoms with Crippen molar-refractivity contribution in [3.63, 3.8) is 0 Å². The maximum absolute atomic E-state index is 12.8. The quantitative estimate of drug-likeness (QED) is 0.118. The van der Waals surface area contributed by atoms with E-state index in [4.69, 9.17) is 9.47 Å². The second-order valence-corrected chi connectivity index (χ2v) is 10.7. The van der Waals surface area contributed by atoms with Crippen LogP contribution in [-0.2, 0) is 19.1 Å². The molecule has 1 aliphatic heterocycles. The van der Waals surface area contributed by atoms with Crippen molar-refractivity contribution in [2.75, 3.05) is 34.4 Å². The van der Waals surface area contributed by atoms with Crippen molar-refractivity contribution in [3.8, 4) is 22.9 Å². The van der Waals surface area contributed by atoms with Gasteiger partial charge in [0.15, 0.2) is 11.4 Å². The van der Waals surface area contributed by atoms with Crippen LogP contribution < -0.4 is 87.6 Å². The number of sulfonamides is 1. The van der Waals surface area contributed by atoms with Gasteiger partial charge < -0.3 is 28.3 Å². The van der Waals surface area contributed by atoms with Crippen molar-refractivity contribution in [2.24, 2.45) is 0 Å². The summed E-state index contributed by atoms with van der Waals surface area (Å²) in [5.41, 5.74) is 3.96. The Bertz CT molecular complexity index is 1440. The monoisotopic (exact) mass is 566 g/mol. The number of pyridine rings is 1. The van der Waals surface area contributed by atoms with Crippen LogP contribution in [0.3, 0.4) is 0 Å². The van der Waals surface area contributed by atoms with Crippen LogP contribution in [0, 0.1) is 0 Å². The molecule has 0 amide bonds. The van der Waals surface area contributed by atoms with Crippen LogP contribution in [0.1, 0.15) is 0 Å². The Hall–Kier alpha value is -0.830. The van der Waals surface area contributed by atoms with Crippen LogP contribution in [0.2, 0.25) is 0 Å². The second kappa shape index (κ2) is 12.6. The zero-order valence-electron chi connectivity index (χ0n) is 21.1. The van der Waals surface area contributed by atoms with Gasteiger partial charge in [-0.1, -0.05) is 12.1 Å². The Balaban J connectivity index is 0.00000241. The van der Waals surface area contributed by atoms with Gasteiger partial charge >= 0.3 is 59.1 Å². The van der Waals surface area contributed by atoms with Gasteiger partial charge in [0.05, 0.1) is 46.2 Å². The zero-order valence-corrected chi connectivity index (χ0v) is 26.8. The molecule has 15 heteroatoms. The summed E-state index contributed by atoms with van der Waals surface area (Å²) >= 11 is 0. The van der Waals surface area contributed by atoms with Crippen LogP contribution in [-0.4, -0.2) is 47.8 Å². The predicted octanol–water partition coefficient (Wildman–Crippen LogP) is -4.19. The number of hydrogen-bond donors (Lipinski definition) is 1. The van der Waals surface area contributed by atoms with Crippen LogP contribution in [0.5, 0.6) is 11.8 Å². The maximum Gasteiger partial charge on any atom is 1.00 e. The number of aromatic nitrogens is 1. The van der Waals surface area contributed by atoms with Gasteiger partial charge in [0, 0.05) is 36.4 Å². The fourth-order valence-electron chi connectivity index (χ4n) is 4.21. The summed E-state index contributed by atoms with van der Waals surface area (Å²) in [6.07, 6.45) is 0. The van der Waals surface area contributed by atoms with E-state index in [9.17, 15) is 22.8 Å². The molecule has 1 aromatic heterocycles. The molecular weight excluding hydrogens is 543 g/mol. The molecule has 4 rings (SSSR count). The van der Waals surface area contributed by atoms with Crippen molar-refractivity contribution in [1.29, 1.82) is 0 Å². The first kappa shape index (κ1) is 32.4. The van der Waals surface area contributed by atoms with Crippen LogP contribution in [0.25, 0.3) is 11.1 Å². The number of quaternary nitrogens is 1. The average molecular weight is 566 g/mol. The minimum absolute atomic E-state index is 0. The number of benzene rings is 2. The summed E-state index contributed by atoms with van der Waals surface area (Å²) in [7, 11) is -4.20. The van der Waals surface area contributed by atoms with E-state index < -0.39 is 24.5 Å². The van der Waals surface area contributed by atoms with Crippen molar-refractivity contribution in [2.45, 2.75) is 4.90 Å². The summed E-state index contributed by atoms with van der Waals surface area (Å²) in [5, 5.41) is 0. The normalized spacial score (nSPS) is 16.1. The zero-order chi connectivity index (χ0) is 25.4. The number of phosphoric ester groups is 1. The molecule has 0 aliphatic carbocycles. The molecule has 1 N–H and O–H groups in total. The average Bonchev–Trinajstić information content (AvgIpc) is 3.10. The van der Waals surface area contributed by atoms with E-state index in [2.05, 4.69) is 14.2 Å². The molecular formula is C22H23N3Na2O8PS+. The Morgan fingerprint density at radius 2 is 1.59 bits per heavy atom. The SMILES string of the molecule is COc1ccc([N+]2(C)c3ccccc3-c3cc(S(=O)(=O)NCCOP(=O)([O-])[O-])ccc32)c(OC)n1.[Na+].[Na+]. The van der Waals surface area contributed by atoms with Crippen molar-refractivity contribution < 1.29 is 95.9 Å². The largest absolute Gasteiger partial charge is 1.00 e. The molecule has 37 heavy (non-hydrogen) atoms. The van der Waals surface area contributed by atoms with E-state index in [1.54, 1.807) is 18.2 Å². The topological polar surface area (TPSA) is 150 Å². The Labute approximate surface area is 259 Å². The van der Waals surface area contributed by atoms with Gasteiger partial charge in [-0.25, -0.2) is 17.6 Å². The number of hydrogen-bond acceptors (Lipinski definition) is 9. The third-order valence-electron chi connectivity index (χ3n) is 5.78. The number of para-hydroxylation sites is 1. The van der Waals surface area contributed by atoms with Gasteiger partial charge in [-0.15, -0.1) is 0 Å². The number of phosphoric acid groups is 1. The first-order valence-corrected chi connectivity index (χ1v) is 13.3. The van der Waals surface area contributed by atoms with Gasteiger partial charge in [-0.3, -0.25) is 0 Å². The standard InChI is InChI=1S/C22H24N3O8PS.2Na/c1-25(20-10-11-21(31-2)24-22(20)32-3)18-7-5-4-6-16(18)17-14-15(8-9-19(17)25)35(29,30)23-12-13-33-34(26,27)28;;/h4-11,14,23H,12-13H2,1-3H3,(H-,26,27,28);;/q;2*+1/p-1. The van der Waals surface area contributed by atoms with Gasteiger partial charge in [0.25, 0.3) is 5.88 Å². The molecule has 0 saturated heterocycles. The Kier molecular flexibility index (Phi) is 11.0. The third-order valence-corrected chi connectivity index (χ3v) is 7.74. The number of methoxy groups -OCH3 is 2. The number of nitrogens with zero attached hydrogens (tertiary/aromatic N) is 2. The molecule has 1 unspecified atom stereocenters. The van der Waals surface area contributed by atoms with E-state index in [1.165, 1.54) is 20.3 Å². The molecule has 0 saturated carbocycles. The molecule has 1 atom stereocenters. The van der Waals surface area contributed by atoms with Gasteiger partial charge in [0.1, 0.15) is 0 Å². The Morgan fingerprint density at radius 3 is 2.24 bits per heavy atom. The predicted molar refractivity (Wildman–Crippen MR) is 125 cm³/mol. The third kappa shape index (κ3) is 6.50. The number of nitrogens with one attached hydrogen (secondary N) is 1. The van der Waals surface area contributed by atoms with Gasteiger partial charge in [0.2, 0.25) is 21.6 Å². The number of fused-ring (bicyclic) bond motifs is 3. The fraction of sp³-hybridized carbons (Fsp3) is 0.227. The van der Waals surface area contributed by atoms with Gasteiger partial charge in [-0.05, 0) is 18.2 Å². The van der Waals surface area contributed by atoms with Crippen molar-refractivity contribution >= 4 is 34.9 Å². The first-order chi connectivity index (χ1) is 16.5. The van der Waals surface area contributed by atoms with E-state index in [0.717, 1.165) is 22.6 Å². The summed E-state index contributed by atoms with van der Waals surface area (Å²) < 4.78 is 53.5. The molecule has 11 nitrogen and oxygen atoms in total. The summed E-state index contributed by atoms with van der Waals surface area (Å²) in [4.78, 5) is 25.6. The minimum Gasteiger partial charge on any atom is -0.790 e. The summed E-state index contributed by atoms with van der Waals surface area (Å²) in [6, 6.07) is 15.9. The van der Waals surface area contributed by atoms with Crippen LogP contribution in [0.15, 0.2) is 59.5 Å². The van der Waals surface area contributed by atoms with Crippen molar-refractivity contribution in [3.05, 3.63) is 54.6 Å². The molecule has 0 radical (unpaired) electrons. The molecule has 0 bridgehead atoms. The summed E-state index contributed by atoms with van der Waals surface area (Å²) in [6.45, 7) is -0.983. The van der Waals surface area contributed by atoms with Crippen molar-refractivity contribution in [1.82, 2.24) is 14.2 Å². The molecule has 0 spiro atoms. The second-order valence-electron chi connectivity index (χ2n) is 7.76. The van der Waals surface area contributed by atoms with Crippen LogP contribution >= 0.6 is 7.82 Å². The Morgan fingerprint density at radius 1 is 0.946 bits per heavy atom. The molecule has 0 fully saturated rings. The minimum atomic E-state index is -5.18. The van der Waals surface area contributed by atoms with E-state index in [1.807, 2.05) is 37.4 Å². The van der Waals surface area contributed by atoms with Crippen LogP contribution in [0.4, 0.5) is 17.1 Å². The number of rotatable bonds is 9. The van der Waals surface area contributed by atoms with E-state index >= 15 is 0 Å². The molecule has 3 aromatic rings. The molecule has 2 heterocycles. The molecule has 1 aliphatic rings. The first-order valence-electron chi connectivity index (χ1n) is 10.4. The summed E-state index contributed by atoms with van der Waals surface area (Å²) in [5.74, 6) is 0.758. The van der Waals surface area contributed by atoms with E-state index in [0.29, 0.717) is 17.3 Å².